The van der Waals surface area contributed by atoms with E-state index in [0.717, 1.165) is 16.0 Å². The van der Waals surface area contributed by atoms with Crippen LogP contribution in [0.15, 0.2) is 47.4 Å². The van der Waals surface area contributed by atoms with Crippen LogP contribution in [-0.2, 0) is 14.3 Å². The predicted octanol–water partition coefficient (Wildman–Crippen LogP) is 3.28. The van der Waals surface area contributed by atoms with Crippen LogP contribution in [0.1, 0.15) is 21.5 Å². The lowest BCUT2D eigenvalue weighted by atomic mass is 10.1. The quantitative estimate of drug-likeness (QED) is 0.570. The summed E-state index contributed by atoms with van der Waals surface area (Å²) in [6.45, 7) is 3.30. The fraction of sp³-hybridized carbons (Fsp3) is 0.286. The van der Waals surface area contributed by atoms with Gasteiger partial charge in [-0.3, -0.25) is 9.59 Å². The van der Waals surface area contributed by atoms with E-state index in [0.29, 0.717) is 11.3 Å². The molecule has 148 valence electrons. The minimum Gasteiger partial charge on any atom is -0.452 e. The normalized spacial score (nSPS) is 10.3. The monoisotopic (exact) mass is 400 g/mol. The number of amides is 2. The summed E-state index contributed by atoms with van der Waals surface area (Å²) in [5, 5.41) is 2.79. The Hall–Kier alpha value is -2.80. The van der Waals surface area contributed by atoms with Gasteiger partial charge in [-0.2, -0.15) is 0 Å². The number of nitrogens with zero attached hydrogens (tertiary/aromatic N) is 1. The molecule has 6 nitrogen and oxygen atoms in total. The zero-order chi connectivity index (χ0) is 20.7. The van der Waals surface area contributed by atoms with Crippen molar-refractivity contribution in [3.05, 3.63) is 59.2 Å². The molecule has 2 rings (SSSR count). The van der Waals surface area contributed by atoms with Crippen molar-refractivity contribution in [1.29, 1.82) is 0 Å². The third-order valence-corrected chi connectivity index (χ3v) is 5.05. The number of hydrogen-bond acceptors (Lipinski definition) is 5. The van der Waals surface area contributed by atoms with Crippen molar-refractivity contribution in [1.82, 2.24) is 4.90 Å². The van der Waals surface area contributed by atoms with Gasteiger partial charge in [0.25, 0.3) is 5.91 Å². The third kappa shape index (κ3) is 5.85. The molecular weight excluding hydrogens is 376 g/mol. The smallest absolute Gasteiger partial charge is 0.338 e. The summed E-state index contributed by atoms with van der Waals surface area (Å²) in [6.07, 6.45) is 1.92. The number of thioether (sulfide) groups is 1. The number of rotatable bonds is 7. The fourth-order valence-electron chi connectivity index (χ4n) is 2.43. The number of anilines is 1. The van der Waals surface area contributed by atoms with Gasteiger partial charge in [-0.05, 0) is 55.5 Å². The van der Waals surface area contributed by atoms with Crippen molar-refractivity contribution in [3.63, 3.8) is 0 Å². The summed E-state index contributed by atoms with van der Waals surface area (Å²) in [5.41, 5.74) is 3.13. The number of para-hydroxylation sites is 1. The fourth-order valence-corrected chi connectivity index (χ4v) is 2.98. The molecule has 0 radical (unpaired) electrons. The number of esters is 1. The average Bonchev–Trinajstić information content (AvgIpc) is 2.68. The Morgan fingerprint density at radius 3 is 2.46 bits per heavy atom. The van der Waals surface area contributed by atoms with E-state index < -0.39 is 18.5 Å². The number of ether oxygens (including phenoxy) is 1. The van der Waals surface area contributed by atoms with Gasteiger partial charge in [0, 0.05) is 11.9 Å². The molecule has 0 aliphatic carbocycles. The third-order valence-electron chi connectivity index (χ3n) is 4.26. The molecule has 0 fully saturated rings. The highest BCUT2D eigenvalue weighted by atomic mass is 32.2. The van der Waals surface area contributed by atoms with Crippen LogP contribution in [0.2, 0.25) is 0 Å². The molecule has 0 unspecified atom stereocenters. The minimum absolute atomic E-state index is 0.136. The number of likely N-dealkylation sites (N-methyl/N-ethyl adjacent to an activating group) is 1. The van der Waals surface area contributed by atoms with Crippen LogP contribution in [0.25, 0.3) is 0 Å². The molecule has 0 saturated heterocycles. The van der Waals surface area contributed by atoms with E-state index in [4.69, 9.17) is 4.74 Å². The van der Waals surface area contributed by atoms with Crippen molar-refractivity contribution in [2.75, 3.05) is 31.8 Å². The van der Waals surface area contributed by atoms with Gasteiger partial charge in [-0.1, -0.05) is 18.2 Å². The molecule has 0 aromatic heterocycles. The summed E-state index contributed by atoms with van der Waals surface area (Å²) in [7, 11) is 1.49. The molecule has 0 spiro atoms. The maximum atomic E-state index is 12.2. The molecule has 2 aromatic rings. The molecule has 0 bridgehead atoms. The second kappa shape index (κ2) is 9.94. The van der Waals surface area contributed by atoms with Gasteiger partial charge in [0.05, 0.1) is 17.8 Å². The molecule has 7 heteroatoms. The number of carbonyl (C=O) groups is 3. The SMILES string of the molecule is CSc1ccccc1NC(=O)CN(C)C(=O)COC(=O)c1ccc(C)c(C)c1. The lowest BCUT2D eigenvalue weighted by molar-refractivity contribution is -0.136. The Kier molecular flexibility index (Phi) is 7.63. The van der Waals surface area contributed by atoms with Gasteiger partial charge in [0.15, 0.2) is 6.61 Å². The van der Waals surface area contributed by atoms with Crippen LogP contribution in [0.3, 0.4) is 0 Å². The first-order valence-electron chi connectivity index (χ1n) is 8.73. The highest BCUT2D eigenvalue weighted by Gasteiger charge is 2.17. The minimum atomic E-state index is -0.566. The number of benzene rings is 2. The first-order valence-corrected chi connectivity index (χ1v) is 9.95. The highest BCUT2D eigenvalue weighted by Crippen LogP contribution is 2.24. The second-order valence-electron chi connectivity index (χ2n) is 6.37. The number of hydrogen-bond donors (Lipinski definition) is 1. The van der Waals surface area contributed by atoms with Crippen LogP contribution >= 0.6 is 11.8 Å². The Balaban J connectivity index is 1.85. The van der Waals surface area contributed by atoms with Crippen LogP contribution in [-0.4, -0.2) is 49.1 Å². The maximum absolute atomic E-state index is 12.2. The van der Waals surface area contributed by atoms with Crippen LogP contribution in [0, 0.1) is 13.8 Å². The molecule has 28 heavy (non-hydrogen) atoms. The van der Waals surface area contributed by atoms with Gasteiger partial charge in [-0.15, -0.1) is 11.8 Å². The zero-order valence-electron chi connectivity index (χ0n) is 16.4. The van der Waals surface area contributed by atoms with E-state index in [1.165, 1.54) is 23.7 Å². The molecule has 0 aliphatic rings. The first-order chi connectivity index (χ1) is 13.3. The van der Waals surface area contributed by atoms with Crippen molar-refractivity contribution >= 4 is 35.2 Å². The van der Waals surface area contributed by atoms with Crippen LogP contribution in [0.5, 0.6) is 0 Å². The number of aryl methyl sites for hydroxylation is 2. The molecule has 1 N–H and O–H groups in total. The Bertz CT molecular complexity index is 882. The largest absolute Gasteiger partial charge is 0.452 e. The Morgan fingerprint density at radius 1 is 1.07 bits per heavy atom. The lowest BCUT2D eigenvalue weighted by Gasteiger charge is -2.17. The van der Waals surface area contributed by atoms with Gasteiger partial charge in [0.2, 0.25) is 5.91 Å². The number of carbonyl (C=O) groups excluding carboxylic acids is 3. The van der Waals surface area contributed by atoms with E-state index in [1.54, 1.807) is 18.2 Å². The average molecular weight is 401 g/mol. The van der Waals surface area contributed by atoms with Crippen LogP contribution < -0.4 is 5.32 Å². The molecule has 2 amide bonds. The molecule has 0 saturated carbocycles. The molecule has 0 heterocycles. The molecule has 2 aromatic carbocycles. The molecule has 0 atom stereocenters. The summed E-state index contributed by atoms with van der Waals surface area (Å²) in [6, 6.07) is 12.6. The van der Waals surface area contributed by atoms with Crippen LogP contribution in [0.4, 0.5) is 5.69 Å². The van der Waals surface area contributed by atoms with E-state index in [2.05, 4.69) is 5.32 Å². The van der Waals surface area contributed by atoms with E-state index >= 15 is 0 Å². The van der Waals surface area contributed by atoms with Gasteiger partial charge in [-0.25, -0.2) is 4.79 Å². The summed E-state index contributed by atoms with van der Waals surface area (Å²) >= 11 is 1.52. The zero-order valence-corrected chi connectivity index (χ0v) is 17.3. The summed E-state index contributed by atoms with van der Waals surface area (Å²) in [5.74, 6) is -1.34. The van der Waals surface area contributed by atoms with Crippen molar-refractivity contribution in [2.24, 2.45) is 0 Å². The van der Waals surface area contributed by atoms with Crippen molar-refractivity contribution in [3.8, 4) is 0 Å². The van der Waals surface area contributed by atoms with E-state index in [-0.39, 0.29) is 12.5 Å². The molecule has 0 aliphatic heterocycles. The predicted molar refractivity (Wildman–Crippen MR) is 111 cm³/mol. The van der Waals surface area contributed by atoms with Gasteiger partial charge >= 0.3 is 5.97 Å². The maximum Gasteiger partial charge on any atom is 0.338 e. The topological polar surface area (TPSA) is 75.7 Å². The van der Waals surface area contributed by atoms with Crippen molar-refractivity contribution < 1.29 is 19.1 Å². The number of nitrogens with one attached hydrogen (secondary N) is 1. The standard InChI is InChI=1S/C21H24N2O4S/c1-14-9-10-16(11-15(14)2)21(26)27-13-20(25)23(3)12-19(24)22-17-7-5-6-8-18(17)28-4/h5-11H,12-13H2,1-4H3,(H,22,24). The van der Waals surface area contributed by atoms with E-state index in [9.17, 15) is 14.4 Å². The Morgan fingerprint density at radius 2 is 1.79 bits per heavy atom. The van der Waals surface area contributed by atoms with Crippen molar-refractivity contribution in [2.45, 2.75) is 18.7 Å². The van der Waals surface area contributed by atoms with Gasteiger partial charge < -0.3 is 15.0 Å². The second-order valence-corrected chi connectivity index (χ2v) is 7.22. The highest BCUT2D eigenvalue weighted by molar-refractivity contribution is 7.98. The Labute approximate surface area is 169 Å². The lowest BCUT2D eigenvalue weighted by Crippen LogP contribution is -2.37. The molecular formula is C21H24N2O4S. The first kappa shape index (κ1) is 21.5. The summed E-state index contributed by atoms with van der Waals surface area (Å²) in [4.78, 5) is 38.6. The van der Waals surface area contributed by atoms with E-state index in [1.807, 2.05) is 44.4 Å². The summed E-state index contributed by atoms with van der Waals surface area (Å²) < 4.78 is 5.08. The van der Waals surface area contributed by atoms with Gasteiger partial charge in [0.1, 0.15) is 0 Å².